The van der Waals surface area contributed by atoms with Crippen molar-refractivity contribution in [3.63, 3.8) is 0 Å². The van der Waals surface area contributed by atoms with E-state index in [1.165, 1.54) is 23.8 Å². The van der Waals surface area contributed by atoms with Crippen LogP contribution >= 0.6 is 45.2 Å². The molecule has 0 saturated heterocycles. The molecule has 0 spiro atoms. The van der Waals surface area contributed by atoms with Crippen LogP contribution in [0.5, 0.6) is 0 Å². The lowest BCUT2D eigenvalue weighted by Crippen LogP contribution is -2.42. The molecule has 1 unspecified atom stereocenters. The van der Waals surface area contributed by atoms with Crippen molar-refractivity contribution in [2.45, 2.75) is 31.1 Å². The van der Waals surface area contributed by atoms with E-state index >= 15 is 0 Å². The Morgan fingerprint density at radius 1 is 0.714 bits per heavy atom. The average Bonchev–Trinajstić information content (AvgIpc) is 3.14. The molecule has 0 radical (unpaired) electrons. The first-order valence-corrected chi connectivity index (χ1v) is 15.1. The zero-order chi connectivity index (χ0) is 19.6. The van der Waals surface area contributed by atoms with E-state index in [1.54, 1.807) is 22.3 Å². The summed E-state index contributed by atoms with van der Waals surface area (Å²) in [6.07, 6.45) is 2.43. The fraction of sp³-hybridized carbons (Fsp3) is 0.200. The SMILES string of the molecule is CC1=Cc2ccccc2C1[Si](C)(C)C1c2cc(I)ccc2-c2ccc(I)cc21. The maximum Gasteiger partial charge on any atom is 0.0726 e. The van der Waals surface area contributed by atoms with Gasteiger partial charge in [0.1, 0.15) is 0 Å². The lowest BCUT2D eigenvalue weighted by Gasteiger charge is -2.38. The summed E-state index contributed by atoms with van der Waals surface area (Å²) in [6.45, 7) is 7.57. The first-order valence-electron chi connectivity index (χ1n) is 9.74. The molecule has 0 N–H and O–H groups in total. The third-order valence-electron chi connectivity index (χ3n) is 6.57. The maximum absolute atomic E-state index is 2.61. The van der Waals surface area contributed by atoms with Crippen LogP contribution < -0.4 is 0 Å². The van der Waals surface area contributed by atoms with E-state index in [0.29, 0.717) is 11.1 Å². The van der Waals surface area contributed by atoms with Crippen LogP contribution in [0.1, 0.15) is 40.3 Å². The lowest BCUT2D eigenvalue weighted by atomic mass is 10.1. The highest BCUT2D eigenvalue weighted by atomic mass is 127. The van der Waals surface area contributed by atoms with E-state index in [1.807, 2.05) is 0 Å². The summed E-state index contributed by atoms with van der Waals surface area (Å²) >= 11 is 4.95. The first-order chi connectivity index (χ1) is 13.4. The highest BCUT2D eigenvalue weighted by molar-refractivity contribution is 14.1. The second kappa shape index (κ2) is 6.81. The van der Waals surface area contributed by atoms with Crippen LogP contribution in [0.2, 0.25) is 13.1 Å². The van der Waals surface area contributed by atoms with Crippen molar-refractivity contribution in [2.75, 3.05) is 0 Å². The monoisotopic (exact) mass is 604 g/mol. The lowest BCUT2D eigenvalue weighted by molar-refractivity contribution is 0.985. The third-order valence-corrected chi connectivity index (χ3v) is 12.3. The van der Waals surface area contributed by atoms with Gasteiger partial charge < -0.3 is 0 Å². The van der Waals surface area contributed by atoms with Crippen LogP contribution in [0.15, 0.2) is 66.2 Å². The Balaban J connectivity index is 1.74. The van der Waals surface area contributed by atoms with E-state index in [0.717, 1.165) is 0 Å². The van der Waals surface area contributed by atoms with Crippen LogP contribution in [0.25, 0.3) is 17.2 Å². The molecule has 28 heavy (non-hydrogen) atoms. The smallest absolute Gasteiger partial charge is 0.0679 e. The zero-order valence-corrected chi connectivity index (χ0v) is 21.6. The molecule has 0 heterocycles. The molecule has 0 aliphatic heterocycles. The number of benzene rings is 3. The second-order valence-corrected chi connectivity index (χ2v) is 16.0. The topological polar surface area (TPSA) is 0 Å². The number of halogens is 2. The Hall–Kier alpha value is -0.923. The summed E-state index contributed by atoms with van der Waals surface area (Å²) < 4.78 is 2.68. The molecule has 5 rings (SSSR count). The Labute approximate surface area is 195 Å². The largest absolute Gasteiger partial charge is 0.0726 e. The Morgan fingerprint density at radius 2 is 1.29 bits per heavy atom. The number of fused-ring (bicyclic) bond motifs is 4. The van der Waals surface area contributed by atoms with Gasteiger partial charge in [0, 0.05) is 18.2 Å². The molecular formula is C25H22I2Si. The van der Waals surface area contributed by atoms with Crippen molar-refractivity contribution in [2.24, 2.45) is 0 Å². The molecule has 0 nitrogen and oxygen atoms in total. The van der Waals surface area contributed by atoms with Crippen LogP contribution in [-0.4, -0.2) is 8.07 Å². The van der Waals surface area contributed by atoms with Gasteiger partial charge in [-0.2, -0.15) is 0 Å². The molecule has 0 aromatic heterocycles. The van der Waals surface area contributed by atoms with Crippen LogP contribution in [0.4, 0.5) is 0 Å². The molecule has 3 heteroatoms. The molecule has 0 bridgehead atoms. The fourth-order valence-corrected chi connectivity index (χ4v) is 11.4. The first kappa shape index (κ1) is 19.1. The molecule has 3 aromatic carbocycles. The number of allylic oxidation sites excluding steroid dienone is 1. The van der Waals surface area contributed by atoms with Gasteiger partial charge in [-0.05, 0) is 110 Å². The van der Waals surface area contributed by atoms with Gasteiger partial charge >= 0.3 is 0 Å². The minimum Gasteiger partial charge on any atom is -0.0679 e. The number of rotatable bonds is 2. The molecule has 0 amide bonds. The molecule has 140 valence electrons. The number of hydrogen-bond acceptors (Lipinski definition) is 0. The molecule has 0 fully saturated rings. The fourth-order valence-electron chi connectivity index (χ4n) is 5.64. The predicted molar refractivity (Wildman–Crippen MR) is 139 cm³/mol. The highest BCUT2D eigenvalue weighted by Crippen LogP contribution is 2.55. The van der Waals surface area contributed by atoms with Gasteiger partial charge in [0.15, 0.2) is 0 Å². The summed E-state index contributed by atoms with van der Waals surface area (Å²) in [5.74, 6) is 0. The molecular weight excluding hydrogens is 582 g/mol. The van der Waals surface area contributed by atoms with Crippen molar-refractivity contribution in [3.05, 3.63) is 95.6 Å². The van der Waals surface area contributed by atoms with E-state index < -0.39 is 8.07 Å². The highest BCUT2D eigenvalue weighted by Gasteiger charge is 2.48. The van der Waals surface area contributed by atoms with Gasteiger partial charge in [-0.25, -0.2) is 0 Å². The summed E-state index contributed by atoms with van der Waals surface area (Å²) in [5.41, 5.74) is 11.6. The predicted octanol–water partition coefficient (Wildman–Crippen LogP) is 8.00. The Kier molecular flexibility index (Phi) is 4.64. The third kappa shape index (κ3) is 2.80. The van der Waals surface area contributed by atoms with E-state index in [9.17, 15) is 0 Å². The molecule has 0 saturated carbocycles. The van der Waals surface area contributed by atoms with Crippen LogP contribution in [-0.2, 0) is 0 Å². The quantitative estimate of drug-likeness (QED) is 0.206. The Bertz CT molecular complexity index is 1090. The second-order valence-electron chi connectivity index (χ2n) is 8.67. The van der Waals surface area contributed by atoms with Crippen LogP contribution in [0.3, 0.4) is 0 Å². The summed E-state index contributed by atoms with van der Waals surface area (Å²) in [5, 5.41) is 0. The minimum atomic E-state index is -1.77. The van der Waals surface area contributed by atoms with Crippen molar-refractivity contribution in [1.82, 2.24) is 0 Å². The van der Waals surface area contributed by atoms with Gasteiger partial charge in [0.25, 0.3) is 0 Å². The van der Waals surface area contributed by atoms with Gasteiger partial charge in [-0.15, -0.1) is 0 Å². The number of hydrogen-bond donors (Lipinski definition) is 0. The standard InChI is InChI=1S/C25H22I2Si/c1-15-12-16-6-4-5-7-19(16)24(15)28(2,3)25-22-13-17(26)8-10-20(22)21-11-9-18(27)14-23(21)25/h4-14,24-25H,1-3H3. The summed E-state index contributed by atoms with van der Waals surface area (Å²) in [6, 6.07) is 23.1. The van der Waals surface area contributed by atoms with Crippen molar-refractivity contribution < 1.29 is 0 Å². The average molecular weight is 604 g/mol. The molecule has 2 aliphatic carbocycles. The van der Waals surface area contributed by atoms with Crippen molar-refractivity contribution >= 4 is 59.3 Å². The van der Waals surface area contributed by atoms with E-state index in [4.69, 9.17) is 0 Å². The van der Waals surface area contributed by atoms with Gasteiger partial charge in [-0.3, -0.25) is 0 Å². The molecule has 1 atom stereocenters. The van der Waals surface area contributed by atoms with E-state index in [2.05, 4.69) is 132 Å². The van der Waals surface area contributed by atoms with Crippen LogP contribution in [0, 0.1) is 7.14 Å². The van der Waals surface area contributed by atoms with Gasteiger partial charge in [0.05, 0.1) is 8.07 Å². The van der Waals surface area contributed by atoms with Crippen molar-refractivity contribution in [3.8, 4) is 11.1 Å². The van der Waals surface area contributed by atoms with E-state index in [-0.39, 0.29) is 0 Å². The normalized spacial score (nSPS) is 17.9. The van der Waals surface area contributed by atoms with Crippen molar-refractivity contribution in [1.29, 1.82) is 0 Å². The zero-order valence-electron chi connectivity index (χ0n) is 16.3. The molecule has 2 aliphatic rings. The summed E-state index contributed by atoms with van der Waals surface area (Å²) in [7, 11) is -1.77. The van der Waals surface area contributed by atoms with Gasteiger partial charge in [-0.1, -0.05) is 61.1 Å². The molecule has 3 aromatic rings. The summed E-state index contributed by atoms with van der Waals surface area (Å²) in [4.78, 5) is 0. The maximum atomic E-state index is 2.61. The minimum absolute atomic E-state index is 0.529. The Morgan fingerprint density at radius 3 is 1.89 bits per heavy atom. The van der Waals surface area contributed by atoms with Gasteiger partial charge in [0.2, 0.25) is 0 Å².